The van der Waals surface area contributed by atoms with E-state index in [1.54, 1.807) is 6.92 Å². The molecule has 9 heteroatoms. The number of carbonyl (C=O) groups excluding carboxylic acids is 2. The number of hydrogen-bond acceptors (Lipinski definition) is 7. The van der Waals surface area contributed by atoms with E-state index < -0.39 is 18.0 Å². The number of aliphatic hydroxyl groups is 1. The number of aryl methyl sites for hydroxylation is 1. The van der Waals surface area contributed by atoms with Crippen LogP contribution in [-0.2, 0) is 9.53 Å². The van der Waals surface area contributed by atoms with E-state index in [0.29, 0.717) is 11.5 Å². The Morgan fingerprint density at radius 2 is 2.25 bits per heavy atom. The van der Waals surface area contributed by atoms with Gasteiger partial charge in [-0.3, -0.25) is 4.79 Å². The average molecular weight is 279 g/mol. The van der Waals surface area contributed by atoms with E-state index in [9.17, 15) is 14.7 Å². The SMILES string of the molecule is COC(=O)C(O)CNC(=O)c1cnc2ncnn2c1C. The fourth-order valence-corrected chi connectivity index (χ4v) is 1.62. The third-order valence-electron chi connectivity index (χ3n) is 2.72. The van der Waals surface area contributed by atoms with Crippen molar-refractivity contribution in [3.05, 3.63) is 23.8 Å². The van der Waals surface area contributed by atoms with E-state index in [1.165, 1.54) is 17.0 Å². The summed E-state index contributed by atoms with van der Waals surface area (Å²) >= 11 is 0. The van der Waals surface area contributed by atoms with Gasteiger partial charge in [0, 0.05) is 6.20 Å². The highest BCUT2D eigenvalue weighted by molar-refractivity contribution is 5.95. The standard InChI is InChI=1S/C11H13N5O4/c1-6-7(3-13-11-14-5-15-16(6)11)9(18)12-4-8(17)10(19)20-2/h3,5,8,17H,4H2,1-2H3,(H,12,18). The second-order valence-electron chi connectivity index (χ2n) is 3.98. The number of esters is 1. The topological polar surface area (TPSA) is 119 Å². The monoisotopic (exact) mass is 279 g/mol. The highest BCUT2D eigenvalue weighted by atomic mass is 16.5. The Morgan fingerprint density at radius 1 is 1.50 bits per heavy atom. The summed E-state index contributed by atoms with van der Waals surface area (Å²) in [6.45, 7) is 1.44. The number of carbonyl (C=O) groups is 2. The summed E-state index contributed by atoms with van der Waals surface area (Å²) in [7, 11) is 1.15. The zero-order chi connectivity index (χ0) is 14.7. The van der Waals surface area contributed by atoms with Crippen molar-refractivity contribution in [1.29, 1.82) is 0 Å². The maximum Gasteiger partial charge on any atom is 0.336 e. The number of hydrogen-bond donors (Lipinski definition) is 2. The van der Waals surface area contributed by atoms with Crippen molar-refractivity contribution in [3.8, 4) is 0 Å². The normalized spacial score (nSPS) is 12.2. The predicted octanol–water partition coefficient (Wildman–Crippen LogP) is -1.30. The van der Waals surface area contributed by atoms with Crippen molar-refractivity contribution >= 4 is 17.7 Å². The third kappa shape index (κ3) is 2.57. The molecule has 0 saturated heterocycles. The number of fused-ring (bicyclic) bond motifs is 1. The molecule has 2 aromatic heterocycles. The molecule has 0 aliphatic heterocycles. The Morgan fingerprint density at radius 3 is 2.95 bits per heavy atom. The fraction of sp³-hybridized carbons (Fsp3) is 0.364. The minimum atomic E-state index is -1.41. The molecule has 2 N–H and O–H groups in total. The van der Waals surface area contributed by atoms with Crippen LogP contribution in [0.5, 0.6) is 0 Å². The molecule has 1 amide bonds. The predicted molar refractivity (Wildman–Crippen MR) is 65.9 cm³/mol. The van der Waals surface area contributed by atoms with Crippen LogP contribution in [-0.4, -0.2) is 56.3 Å². The number of aliphatic hydroxyl groups excluding tert-OH is 1. The number of rotatable bonds is 4. The van der Waals surface area contributed by atoms with Gasteiger partial charge in [0.2, 0.25) is 0 Å². The van der Waals surface area contributed by atoms with E-state index in [2.05, 4.69) is 25.1 Å². The molecule has 20 heavy (non-hydrogen) atoms. The Labute approximate surface area is 113 Å². The van der Waals surface area contributed by atoms with Gasteiger partial charge in [-0.1, -0.05) is 0 Å². The molecule has 0 radical (unpaired) electrons. The molecule has 2 aromatic rings. The van der Waals surface area contributed by atoms with E-state index in [4.69, 9.17) is 0 Å². The molecule has 1 atom stereocenters. The second-order valence-corrected chi connectivity index (χ2v) is 3.98. The molecule has 0 spiro atoms. The summed E-state index contributed by atoms with van der Waals surface area (Å²) in [5.41, 5.74) is 0.831. The summed E-state index contributed by atoms with van der Waals surface area (Å²) < 4.78 is 5.77. The van der Waals surface area contributed by atoms with Crippen LogP contribution in [0.25, 0.3) is 5.78 Å². The number of nitrogens with one attached hydrogen (secondary N) is 1. The summed E-state index contributed by atoms with van der Waals surface area (Å²) in [5, 5.41) is 15.7. The molecule has 106 valence electrons. The molecule has 0 aliphatic carbocycles. The highest BCUT2D eigenvalue weighted by Gasteiger charge is 2.18. The number of methoxy groups -OCH3 is 1. The Bertz CT molecular complexity index is 653. The van der Waals surface area contributed by atoms with Crippen LogP contribution in [0.4, 0.5) is 0 Å². The largest absolute Gasteiger partial charge is 0.467 e. The van der Waals surface area contributed by atoms with Crippen molar-refractivity contribution in [3.63, 3.8) is 0 Å². The summed E-state index contributed by atoms with van der Waals surface area (Å²) in [6, 6.07) is 0. The maximum absolute atomic E-state index is 12.0. The van der Waals surface area contributed by atoms with Crippen LogP contribution in [0, 0.1) is 6.92 Å². The fourth-order valence-electron chi connectivity index (χ4n) is 1.62. The minimum Gasteiger partial charge on any atom is -0.467 e. The maximum atomic E-state index is 12.0. The van der Waals surface area contributed by atoms with Crippen LogP contribution in [0.2, 0.25) is 0 Å². The number of nitrogens with zero attached hydrogens (tertiary/aromatic N) is 4. The summed E-state index contributed by atoms with van der Waals surface area (Å²) in [6.07, 6.45) is 1.28. The van der Waals surface area contributed by atoms with Crippen LogP contribution in [0.15, 0.2) is 12.5 Å². The van der Waals surface area contributed by atoms with E-state index in [0.717, 1.165) is 7.11 Å². The smallest absolute Gasteiger partial charge is 0.336 e. The zero-order valence-corrected chi connectivity index (χ0v) is 10.9. The molecule has 2 heterocycles. The number of aromatic nitrogens is 4. The van der Waals surface area contributed by atoms with Gasteiger partial charge in [0.05, 0.1) is 24.9 Å². The third-order valence-corrected chi connectivity index (χ3v) is 2.72. The molecule has 0 fully saturated rings. The van der Waals surface area contributed by atoms with Gasteiger partial charge in [-0.2, -0.15) is 10.1 Å². The minimum absolute atomic E-state index is 0.250. The van der Waals surface area contributed by atoms with Gasteiger partial charge in [-0.15, -0.1) is 0 Å². The second kappa shape index (κ2) is 5.61. The van der Waals surface area contributed by atoms with Crippen molar-refractivity contribution in [2.24, 2.45) is 0 Å². The van der Waals surface area contributed by atoms with Crippen LogP contribution in [0.3, 0.4) is 0 Å². The first kappa shape index (κ1) is 13.9. The number of amides is 1. The average Bonchev–Trinajstić information content (AvgIpc) is 2.93. The van der Waals surface area contributed by atoms with Gasteiger partial charge in [0.15, 0.2) is 6.10 Å². The lowest BCUT2D eigenvalue weighted by atomic mass is 10.2. The van der Waals surface area contributed by atoms with Crippen LogP contribution >= 0.6 is 0 Å². The molecule has 0 bridgehead atoms. The molecule has 1 unspecified atom stereocenters. The molecule has 0 saturated carbocycles. The molecule has 0 aliphatic rings. The number of ether oxygens (including phenoxy) is 1. The molecule has 9 nitrogen and oxygen atoms in total. The van der Waals surface area contributed by atoms with Gasteiger partial charge >= 0.3 is 5.97 Å². The van der Waals surface area contributed by atoms with Gasteiger partial charge in [0.25, 0.3) is 11.7 Å². The first-order chi connectivity index (χ1) is 9.54. The van der Waals surface area contributed by atoms with Crippen molar-refractivity contribution in [2.45, 2.75) is 13.0 Å². The van der Waals surface area contributed by atoms with Crippen molar-refractivity contribution < 1.29 is 19.4 Å². The van der Waals surface area contributed by atoms with Gasteiger partial charge < -0.3 is 15.2 Å². The lowest BCUT2D eigenvalue weighted by Gasteiger charge is -2.11. The van der Waals surface area contributed by atoms with Crippen LogP contribution < -0.4 is 5.32 Å². The van der Waals surface area contributed by atoms with Gasteiger partial charge in [0.1, 0.15) is 6.33 Å². The van der Waals surface area contributed by atoms with Crippen molar-refractivity contribution in [2.75, 3.05) is 13.7 Å². The van der Waals surface area contributed by atoms with Gasteiger partial charge in [-0.25, -0.2) is 14.3 Å². The molecular weight excluding hydrogens is 266 g/mol. The van der Waals surface area contributed by atoms with Gasteiger partial charge in [-0.05, 0) is 6.92 Å². The lowest BCUT2D eigenvalue weighted by Crippen LogP contribution is -2.37. The van der Waals surface area contributed by atoms with Crippen molar-refractivity contribution in [1.82, 2.24) is 24.9 Å². The quantitative estimate of drug-likeness (QED) is 0.667. The van der Waals surface area contributed by atoms with Crippen LogP contribution in [0.1, 0.15) is 16.1 Å². The van der Waals surface area contributed by atoms with E-state index >= 15 is 0 Å². The highest BCUT2D eigenvalue weighted by Crippen LogP contribution is 2.07. The van der Waals surface area contributed by atoms with E-state index in [1.807, 2.05) is 0 Å². The Kier molecular flexibility index (Phi) is 3.89. The molecular formula is C11H13N5O4. The Hall–Kier alpha value is -2.55. The summed E-state index contributed by atoms with van der Waals surface area (Å²) in [5.74, 6) is -0.907. The van der Waals surface area contributed by atoms with E-state index in [-0.39, 0.29) is 12.1 Å². The Balaban J connectivity index is 2.11. The molecule has 0 aromatic carbocycles. The molecule has 2 rings (SSSR count). The summed E-state index contributed by atoms with van der Waals surface area (Å²) in [4.78, 5) is 30.9. The first-order valence-electron chi connectivity index (χ1n) is 5.74. The zero-order valence-electron chi connectivity index (χ0n) is 10.9. The lowest BCUT2D eigenvalue weighted by molar-refractivity contribution is -0.149. The first-order valence-corrected chi connectivity index (χ1v) is 5.74.